The van der Waals surface area contributed by atoms with Crippen LogP contribution in [0.15, 0.2) is 23.2 Å². The molecule has 1 aliphatic rings. The van der Waals surface area contributed by atoms with Crippen LogP contribution in [0.2, 0.25) is 0 Å². The molecule has 130 valence electrons. The Morgan fingerprint density at radius 2 is 1.96 bits per heavy atom. The van der Waals surface area contributed by atoms with Crippen LogP contribution in [-0.2, 0) is 4.79 Å². The number of pyridine rings is 1. The zero-order valence-electron chi connectivity index (χ0n) is 14.4. The molecule has 2 aromatic rings. The average Bonchev–Trinajstić information content (AvgIpc) is 2.55. The van der Waals surface area contributed by atoms with Crippen molar-refractivity contribution in [2.24, 2.45) is 0 Å². The van der Waals surface area contributed by atoms with Crippen LogP contribution in [0.3, 0.4) is 0 Å². The van der Waals surface area contributed by atoms with Crippen molar-refractivity contribution in [3.63, 3.8) is 0 Å². The molecule has 2 heterocycles. The predicted octanol–water partition coefficient (Wildman–Crippen LogP) is 2.88. The van der Waals surface area contributed by atoms with Crippen LogP contribution in [0.5, 0.6) is 11.5 Å². The number of ether oxygens (including phenoxy) is 2. The lowest BCUT2D eigenvalue weighted by molar-refractivity contribution is -0.119. The first-order valence-electron chi connectivity index (χ1n) is 7.94. The molecule has 0 aliphatic carbocycles. The van der Waals surface area contributed by atoms with Crippen molar-refractivity contribution in [3.05, 3.63) is 23.8 Å². The van der Waals surface area contributed by atoms with E-state index in [9.17, 15) is 10.1 Å². The molecule has 1 aliphatic heterocycles. The van der Waals surface area contributed by atoms with E-state index in [1.165, 1.54) is 11.8 Å². The van der Waals surface area contributed by atoms with Crippen molar-refractivity contribution < 1.29 is 14.3 Å². The van der Waals surface area contributed by atoms with Crippen LogP contribution in [-0.4, -0.2) is 35.4 Å². The summed E-state index contributed by atoms with van der Waals surface area (Å²) in [5.74, 6) is 1.42. The lowest BCUT2D eigenvalue weighted by Crippen LogP contribution is -2.41. The lowest BCUT2D eigenvalue weighted by Gasteiger charge is -2.20. The van der Waals surface area contributed by atoms with Gasteiger partial charge in [0.2, 0.25) is 5.91 Å². The first-order valence-corrected chi connectivity index (χ1v) is 8.92. The van der Waals surface area contributed by atoms with Gasteiger partial charge in [-0.25, -0.2) is 4.98 Å². The molecule has 7 heteroatoms. The normalized spacial score (nSPS) is 13.4. The SMILES string of the molecule is CC(C)(C)NC(=O)CSc1nc2cc3c(cc2cc1C#N)OCCO3. The summed E-state index contributed by atoms with van der Waals surface area (Å²) in [6, 6.07) is 7.56. The first kappa shape index (κ1) is 17.4. The molecule has 1 aromatic carbocycles. The van der Waals surface area contributed by atoms with E-state index in [2.05, 4.69) is 16.4 Å². The van der Waals surface area contributed by atoms with Crippen molar-refractivity contribution in [1.29, 1.82) is 5.26 Å². The highest BCUT2D eigenvalue weighted by molar-refractivity contribution is 8.00. The Morgan fingerprint density at radius 1 is 1.28 bits per heavy atom. The number of hydrogen-bond acceptors (Lipinski definition) is 6. The van der Waals surface area contributed by atoms with Gasteiger partial charge in [-0.05, 0) is 32.9 Å². The fraction of sp³-hybridized carbons (Fsp3) is 0.389. The maximum Gasteiger partial charge on any atom is 0.230 e. The van der Waals surface area contributed by atoms with E-state index >= 15 is 0 Å². The number of nitriles is 1. The number of rotatable bonds is 3. The van der Waals surface area contributed by atoms with Crippen molar-refractivity contribution in [2.75, 3.05) is 19.0 Å². The van der Waals surface area contributed by atoms with Crippen LogP contribution in [0.4, 0.5) is 0 Å². The maximum absolute atomic E-state index is 12.0. The summed E-state index contributed by atoms with van der Waals surface area (Å²) in [7, 11) is 0. The molecule has 3 rings (SSSR count). The largest absolute Gasteiger partial charge is 0.486 e. The number of carbonyl (C=O) groups excluding carboxylic acids is 1. The zero-order valence-corrected chi connectivity index (χ0v) is 15.2. The van der Waals surface area contributed by atoms with E-state index in [1.54, 1.807) is 6.07 Å². The molecule has 0 saturated heterocycles. The van der Waals surface area contributed by atoms with Gasteiger partial charge in [0.15, 0.2) is 11.5 Å². The minimum Gasteiger partial charge on any atom is -0.486 e. The molecular weight excluding hydrogens is 338 g/mol. The van der Waals surface area contributed by atoms with Crippen LogP contribution in [0, 0.1) is 11.3 Å². The third-order valence-corrected chi connectivity index (χ3v) is 4.41. The Hall–Kier alpha value is -2.46. The number of carbonyl (C=O) groups is 1. The summed E-state index contributed by atoms with van der Waals surface area (Å²) < 4.78 is 11.1. The number of amides is 1. The van der Waals surface area contributed by atoms with E-state index in [4.69, 9.17) is 9.47 Å². The molecule has 0 spiro atoms. The van der Waals surface area contributed by atoms with E-state index in [0.717, 1.165) is 5.39 Å². The molecule has 6 nitrogen and oxygen atoms in total. The van der Waals surface area contributed by atoms with Crippen molar-refractivity contribution >= 4 is 28.6 Å². The highest BCUT2D eigenvalue weighted by atomic mass is 32.2. The predicted molar refractivity (Wildman–Crippen MR) is 96.1 cm³/mol. The third kappa shape index (κ3) is 4.15. The molecule has 0 saturated carbocycles. The Balaban J connectivity index is 1.87. The number of hydrogen-bond donors (Lipinski definition) is 1. The second kappa shape index (κ2) is 6.81. The Morgan fingerprint density at radius 3 is 2.60 bits per heavy atom. The van der Waals surface area contributed by atoms with Gasteiger partial charge >= 0.3 is 0 Å². The van der Waals surface area contributed by atoms with Crippen LogP contribution >= 0.6 is 11.8 Å². The molecule has 1 N–H and O–H groups in total. The number of aromatic nitrogens is 1. The number of fused-ring (bicyclic) bond motifs is 2. The van der Waals surface area contributed by atoms with E-state index in [1.807, 2.05) is 32.9 Å². The summed E-state index contributed by atoms with van der Waals surface area (Å²) in [6.45, 7) is 6.79. The standard InChI is InChI=1S/C18H19N3O3S/c1-18(2,3)21-16(22)10-25-17-12(9-19)6-11-7-14-15(8-13(11)20-17)24-5-4-23-14/h6-8H,4-5,10H2,1-3H3,(H,21,22). The van der Waals surface area contributed by atoms with Gasteiger partial charge in [-0.3, -0.25) is 4.79 Å². The molecule has 25 heavy (non-hydrogen) atoms. The van der Waals surface area contributed by atoms with Crippen molar-refractivity contribution in [2.45, 2.75) is 31.3 Å². The van der Waals surface area contributed by atoms with Gasteiger partial charge in [-0.15, -0.1) is 0 Å². The van der Waals surface area contributed by atoms with Gasteiger partial charge in [0.25, 0.3) is 0 Å². The lowest BCUT2D eigenvalue weighted by atomic mass is 10.1. The van der Waals surface area contributed by atoms with Gasteiger partial charge in [-0.1, -0.05) is 11.8 Å². The summed E-state index contributed by atoms with van der Waals surface area (Å²) in [5.41, 5.74) is 0.864. The molecule has 0 atom stereocenters. The molecule has 0 unspecified atom stereocenters. The summed E-state index contributed by atoms with van der Waals surface area (Å²) >= 11 is 1.25. The van der Waals surface area contributed by atoms with E-state index in [-0.39, 0.29) is 17.2 Å². The van der Waals surface area contributed by atoms with Gasteiger partial charge in [0.05, 0.1) is 16.8 Å². The highest BCUT2D eigenvalue weighted by Crippen LogP contribution is 2.35. The Labute approximate surface area is 150 Å². The average molecular weight is 357 g/mol. The Bertz CT molecular complexity index is 868. The van der Waals surface area contributed by atoms with Gasteiger partial charge in [0, 0.05) is 17.0 Å². The van der Waals surface area contributed by atoms with Gasteiger partial charge < -0.3 is 14.8 Å². The number of thioether (sulfide) groups is 1. The number of nitrogens with zero attached hydrogens (tertiary/aromatic N) is 2. The summed E-state index contributed by atoms with van der Waals surface area (Å²) in [6.07, 6.45) is 0. The smallest absolute Gasteiger partial charge is 0.230 e. The molecular formula is C18H19N3O3S. The van der Waals surface area contributed by atoms with Crippen LogP contribution in [0.25, 0.3) is 10.9 Å². The van der Waals surface area contributed by atoms with Crippen LogP contribution < -0.4 is 14.8 Å². The Kier molecular flexibility index (Phi) is 4.73. The summed E-state index contributed by atoms with van der Waals surface area (Å²) in [5, 5.41) is 13.7. The minimum atomic E-state index is -0.289. The van der Waals surface area contributed by atoms with E-state index in [0.29, 0.717) is 40.8 Å². The molecule has 1 amide bonds. The van der Waals surface area contributed by atoms with E-state index < -0.39 is 0 Å². The molecule has 0 radical (unpaired) electrons. The van der Waals surface area contributed by atoms with Gasteiger partial charge in [-0.2, -0.15) is 5.26 Å². The molecule has 1 aromatic heterocycles. The number of nitrogens with one attached hydrogen (secondary N) is 1. The monoisotopic (exact) mass is 357 g/mol. The maximum atomic E-state index is 12.0. The second-order valence-electron chi connectivity index (χ2n) is 6.73. The zero-order chi connectivity index (χ0) is 18.0. The quantitative estimate of drug-likeness (QED) is 0.851. The van der Waals surface area contributed by atoms with Crippen molar-refractivity contribution in [1.82, 2.24) is 10.3 Å². The number of benzene rings is 1. The first-order chi connectivity index (χ1) is 11.9. The molecule has 0 fully saturated rings. The van der Waals surface area contributed by atoms with Crippen LogP contribution in [0.1, 0.15) is 26.3 Å². The minimum absolute atomic E-state index is 0.0922. The fourth-order valence-electron chi connectivity index (χ4n) is 2.47. The van der Waals surface area contributed by atoms with Gasteiger partial charge in [0.1, 0.15) is 24.3 Å². The second-order valence-corrected chi connectivity index (χ2v) is 7.69. The summed E-state index contributed by atoms with van der Waals surface area (Å²) in [4.78, 5) is 16.6. The third-order valence-electron chi connectivity index (χ3n) is 3.42. The van der Waals surface area contributed by atoms with Crippen molar-refractivity contribution in [3.8, 4) is 17.6 Å². The highest BCUT2D eigenvalue weighted by Gasteiger charge is 2.17. The molecule has 0 bridgehead atoms. The topological polar surface area (TPSA) is 84.2 Å². The fourth-order valence-corrected chi connectivity index (χ4v) is 3.23.